The van der Waals surface area contributed by atoms with E-state index in [1.807, 2.05) is 0 Å². The predicted octanol–water partition coefficient (Wildman–Crippen LogP) is 4.24. The van der Waals surface area contributed by atoms with Crippen molar-refractivity contribution < 1.29 is 4.74 Å². The third kappa shape index (κ3) is 10.9. The number of unbranched alkanes of at least 4 members (excludes halogenated alkanes) is 2. The molecule has 0 amide bonds. The van der Waals surface area contributed by atoms with Gasteiger partial charge in [-0.25, -0.2) is 0 Å². The van der Waals surface area contributed by atoms with Crippen molar-refractivity contribution >= 4 is 0 Å². The molecule has 1 heterocycles. The molecule has 1 rings (SSSR count). The van der Waals surface area contributed by atoms with Gasteiger partial charge in [-0.1, -0.05) is 53.4 Å². The normalized spacial score (nSPS) is 22.6. The van der Waals surface area contributed by atoms with Crippen LogP contribution in [0, 0.1) is 0 Å². The van der Waals surface area contributed by atoms with E-state index >= 15 is 0 Å². The summed E-state index contributed by atoms with van der Waals surface area (Å²) in [5, 5.41) is 10.9. The van der Waals surface area contributed by atoms with Crippen molar-refractivity contribution in [3.05, 3.63) is 0 Å². The van der Waals surface area contributed by atoms with Gasteiger partial charge in [0.1, 0.15) is 0 Å². The molecule has 0 bridgehead atoms. The van der Waals surface area contributed by atoms with E-state index in [4.69, 9.17) is 4.74 Å². The fraction of sp³-hybridized carbons (Fsp3) is 1.00. The van der Waals surface area contributed by atoms with Crippen LogP contribution < -0.4 is 16.0 Å². The van der Waals surface area contributed by atoms with E-state index in [2.05, 4.69) is 43.6 Å². The number of nitrogens with one attached hydrogen (secondary N) is 3. The first-order valence-corrected chi connectivity index (χ1v) is 11.5. The van der Waals surface area contributed by atoms with E-state index in [0.29, 0.717) is 18.2 Å². The first-order chi connectivity index (χ1) is 12.7. The molecular weight excluding hydrogens is 322 g/mol. The standard InChI is InChI=1S/C22H47N3O/c1-5-12-19(23-6-2)13-10-9-11-14-20(24-7-3)15-16-22-17-21(18-26-22)25-8-4/h19-25H,5-18H2,1-4H3. The van der Waals surface area contributed by atoms with E-state index in [1.54, 1.807) is 0 Å². The Morgan fingerprint density at radius 2 is 1.46 bits per heavy atom. The summed E-state index contributed by atoms with van der Waals surface area (Å²) in [5.74, 6) is 0. The van der Waals surface area contributed by atoms with Gasteiger partial charge in [-0.3, -0.25) is 0 Å². The second-order valence-corrected chi connectivity index (χ2v) is 7.96. The van der Waals surface area contributed by atoms with E-state index < -0.39 is 0 Å². The minimum absolute atomic E-state index is 0.468. The largest absolute Gasteiger partial charge is 0.377 e. The summed E-state index contributed by atoms with van der Waals surface area (Å²) in [6, 6.07) is 1.98. The Morgan fingerprint density at radius 1 is 0.808 bits per heavy atom. The van der Waals surface area contributed by atoms with E-state index in [0.717, 1.165) is 32.3 Å². The van der Waals surface area contributed by atoms with Gasteiger partial charge in [0, 0.05) is 18.1 Å². The van der Waals surface area contributed by atoms with Crippen LogP contribution in [0.1, 0.15) is 91.9 Å². The van der Waals surface area contributed by atoms with E-state index in [9.17, 15) is 0 Å². The van der Waals surface area contributed by atoms with Gasteiger partial charge in [0.05, 0.1) is 12.7 Å². The Bertz CT molecular complexity index is 308. The predicted molar refractivity (Wildman–Crippen MR) is 114 cm³/mol. The van der Waals surface area contributed by atoms with Crippen LogP contribution in [0.2, 0.25) is 0 Å². The van der Waals surface area contributed by atoms with Gasteiger partial charge in [0.15, 0.2) is 0 Å². The average molecular weight is 370 g/mol. The van der Waals surface area contributed by atoms with E-state index in [1.165, 1.54) is 64.2 Å². The second kappa shape index (κ2) is 15.9. The third-order valence-corrected chi connectivity index (χ3v) is 5.64. The molecule has 0 aromatic heterocycles. The topological polar surface area (TPSA) is 45.3 Å². The van der Waals surface area contributed by atoms with Crippen LogP contribution >= 0.6 is 0 Å². The van der Waals surface area contributed by atoms with Crippen LogP contribution in [-0.2, 0) is 4.74 Å². The van der Waals surface area contributed by atoms with Crippen molar-refractivity contribution in [2.75, 3.05) is 26.2 Å². The molecule has 4 atom stereocenters. The SMILES string of the molecule is CCCC(CCCCCC(CCC1CC(NCC)CO1)NCC)NCC. The van der Waals surface area contributed by atoms with Crippen LogP contribution in [0.25, 0.3) is 0 Å². The highest BCUT2D eigenvalue weighted by Crippen LogP contribution is 2.20. The average Bonchev–Trinajstić information content (AvgIpc) is 3.07. The molecule has 4 unspecified atom stereocenters. The Morgan fingerprint density at radius 3 is 2.04 bits per heavy atom. The number of likely N-dealkylation sites (N-methyl/N-ethyl adjacent to an activating group) is 1. The minimum Gasteiger partial charge on any atom is -0.377 e. The maximum atomic E-state index is 5.96. The lowest BCUT2D eigenvalue weighted by molar-refractivity contribution is 0.0970. The highest BCUT2D eigenvalue weighted by atomic mass is 16.5. The molecule has 0 spiro atoms. The zero-order valence-electron chi connectivity index (χ0n) is 18.1. The van der Waals surface area contributed by atoms with Crippen molar-refractivity contribution in [3.8, 4) is 0 Å². The van der Waals surface area contributed by atoms with Gasteiger partial charge in [-0.15, -0.1) is 0 Å². The monoisotopic (exact) mass is 369 g/mol. The molecule has 1 aliphatic rings. The van der Waals surface area contributed by atoms with Gasteiger partial charge < -0.3 is 20.7 Å². The summed E-state index contributed by atoms with van der Waals surface area (Å²) in [6.07, 6.45) is 13.5. The van der Waals surface area contributed by atoms with Gasteiger partial charge in [0.25, 0.3) is 0 Å². The molecule has 1 aliphatic heterocycles. The second-order valence-electron chi connectivity index (χ2n) is 7.96. The zero-order chi connectivity index (χ0) is 19.0. The molecule has 0 aromatic carbocycles. The van der Waals surface area contributed by atoms with Crippen molar-refractivity contribution in [1.82, 2.24) is 16.0 Å². The van der Waals surface area contributed by atoms with Gasteiger partial charge >= 0.3 is 0 Å². The molecule has 4 nitrogen and oxygen atoms in total. The molecule has 3 N–H and O–H groups in total. The van der Waals surface area contributed by atoms with Crippen LogP contribution in [0.4, 0.5) is 0 Å². The smallest absolute Gasteiger partial charge is 0.0624 e. The van der Waals surface area contributed by atoms with Gasteiger partial charge in [-0.05, 0) is 58.2 Å². The Hall–Kier alpha value is -0.160. The highest BCUT2D eigenvalue weighted by molar-refractivity contribution is 4.80. The number of hydrogen-bond acceptors (Lipinski definition) is 4. The summed E-state index contributed by atoms with van der Waals surface area (Å²) in [6.45, 7) is 13.0. The van der Waals surface area contributed by atoms with E-state index in [-0.39, 0.29) is 0 Å². The summed E-state index contributed by atoms with van der Waals surface area (Å²) in [4.78, 5) is 0. The van der Waals surface area contributed by atoms with Crippen molar-refractivity contribution in [3.63, 3.8) is 0 Å². The molecule has 0 saturated carbocycles. The van der Waals surface area contributed by atoms with Crippen LogP contribution in [-0.4, -0.2) is 50.5 Å². The lowest BCUT2D eigenvalue weighted by Gasteiger charge is -2.20. The lowest BCUT2D eigenvalue weighted by Crippen LogP contribution is -2.31. The fourth-order valence-corrected chi connectivity index (χ4v) is 4.31. The summed E-state index contributed by atoms with van der Waals surface area (Å²) in [7, 11) is 0. The van der Waals surface area contributed by atoms with Crippen molar-refractivity contribution in [2.24, 2.45) is 0 Å². The molecule has 26 heavy (non-hydrogen) atoms. The zero-order valence-corrected chi connectivity index (χ0v) is 18.1. The summed E-state index contributed by atoms with van der Waals surface area (Å²) >= 11 is 0. The quantitative estimate of drug-likeness (QED) is 0.336. The molecule has 0 aliphatic carbocycles. The Balaban J connectivity index is 2.14. The summed E-state index contributed by atoms with van der Waals surface area (Å²) < 4.78 is 5.96. The lowest BCUT2D eigenvalue weighted by atomic mass is 9.98. The van der Waals surface area contributed by atoms with Crippen LogP contribution in [0.5, 0.6) is 0 Å². The van der Waals surface area contributed by atoms with Gasteiger partial charge in [0.2, 0.25) is 0 Å². The Kier molecular flexibility index (Phi) is 14.6. The number of rotatable bonds is 17. The Labute approximate surface area is 163 Å². The maximum Gasteiger partial charge on any atom is 0.0624 e. The van der Waals surface area contributed by atoms with Gasteiger partial charge in [-0.2, -0.15) is 0 Å². The molecule has 1 fully saturated rings. The first kappa shape index (κ1) is 23.9. The molecule has 4 heteroatoms. The molecular formula is C22H47N3O. The number of hydrogen-bond donors (Lipinski definition) is 3. The summed E-state index contributed by atoms with van der Waals surface area (Å²) in [5.41, 5.74) is 0. The molecule has 156 valence electrons. The maximum absolute atomic E-state index is 5.96. The minimum atomic E-state index is 0.468. The van der Waals surface area contributed by atoms with Crippen molar-refractivity contribution in [1.29, 1.82) is 0 Å². The van der Waals surface area contributed by atoms with Crippen molar-refractivity contribution in [2.45, 2.75) is 116 Å². The van der Waals surface area contributed by atoms with Crippen LogP contribution in [0.15, 0.2) is 0 Å². The first-order valence-electron chi connectivity index (χ1n) is 11.5. The van der Waals surface area contributed by atoms with Crippen LogP contribution in [0.3, 0.4) is 0 Å². The highest BCUT2D eigenvalue weighted by Gasteiger charge is 2.25. The molecule has 0 radical (unpaired) electrons. The molecule has 0 aromatic rings. The third-order valence-electron chi connectivity index (χ3n) is 5.64. The number of ether oxygens (including phenoxy) is 1. The fourth-order valence-electron chi connectivity index (χ4n) is 4.31. The molecule has 1 saturated heterocycles.